The number of hydrogen-bond acceptors (Lipinski definition) is 4. The highest BCUT2D eigenvalue weighted by molar-refractivity contribution is 5.76. The Balaban J connectivity index is 4.64. The second kappa shape index (κ2) is 6.04. The van der Waals surface area contributed by atoms with Crippen LogP contribution in [-0.4, -0.2) is 41.0 Å². The van der Waals surface area contributed by atoms with Crippen LogP contribution in [0.5, 0.6) is 0 Å². The molecule has 2 N–H and O–H groups in total. The van der Waals surface area contributed by atoms with Gasteiger partial charge in [0, 0.05) is 0 Å². The number of nitrogens with one attached hydrogen (secondary N) is 1. The van der Waals surface area contributed by atoms with Crippen molar-refractivity contribution in [2.45, 2.75) is 58.8 Å². The number of rotatable bonds is 4. The van der Waals surface area contributed by atoms with Crippen molar-refractivity contribution in [3.63, 3.8) is 0 Å². The molecule has 0 heterocycles. The lowest BCUT2D eigenvalue weighted by atomic mass is 10.1. The minimum absolute atomic E-state index is 0.137. The lowest BCUT2D eigenvalue weighted by Crippen LogP contribution is -2.44. The van der Waals surface area contributed by atoms with E-state index in [2.05, 4.69) is 5.32 Å². The first-order valence-electron chi connectivity index (χ1n) is 5.78. The molecule has 0 rings (SSSR count). The van der Waals surface area contributed by atoms with Crippen LogP contribution in [0.25, 0.3) is 0 Å². The monoisotopic (exact) mass is 261 g/mol. The number of amides is 1. The van der Waals surface area contributed by atoms with E-state index in [0.717, 1.165) is 0 Å². The normalized spacial score (nSPS) is 13.9. The Bertz CT molecular complexity index is 301. The molecule has 0 aromatic carbocycles. The summed E-state index contributed by atoms with van der Waals surface area (Å²) in [5, 5.41) is 10.7. The Morgan fingerprint density at radius 1 is 1.11 bits per heavy atom. The van der Waals surface area contributed by atoms with E-state index in [4.69, 9.17) is 14.6 Å². The molecule has 6 heteroatoms. The molecule has 18 heavy (non-hydrogen) atoms. The average Bonchev–Trinajstić information content (AvgIpc) is 2.06. The largest absolute Gasteiger partial charge is 0.465 e. The second-order valence-corrected chi connectivity index (χ2v) is 5.94. The van der Waals surface area contributed by atoms with E-state index >= 15 is 0 Å². The van der Waals surface area contributed by atoms with Crippen molar-refractivity contribution in [3.05, 3.63) is 0 Å². The van der Waals surface area contributed by atoms with Crippen LogP contribution in [0.2, 0.25) is 0 Å². The first-order chi connectivity index (χ1) is 7.91. The van der Waals surface area contributed by atoms with E-state index in [1.807, 2.05) is 0 Å². The standard InChI is InChI=1S/C12H23NO5/c1-11(2,3)17-8(7-13-10(15)16)9(14)18-12(4,5)6/h8,13H,7H2,1-6H3,(H,15,16). The minimum Gasteiger partial charge on any atom is -0.465 e. The molecule has 1 atom stereocenters. The van der Waals surface area contributed by atoms with Crippen LogP contribution in [0, 0.1) is 0 Å². The summed E-state index contributed by atoms with van der Waals surface area (Å²) in [5.41, 5.74) is -1.21. The Morgan fingerprint density at radius 3 is 1.94 bits per heavy atom. The fraction of sp³-hybridized carbons (Fsp3) is 0.833. The van der Waals surface area contributed by atoms with Crippen LogP contribution in [0.4, 0.5) is 4.79 Å². The lowest BCUT2D eigenvalue weighted by Gasteiger charge is -2.29. The maximum absolute atomic E-state index is 11.9. The van der Waals surface area contributed by atoms with Gasteiger partial charge in [-0.25, -0.2) is 9.59 Å². The third-order valence-corrected chi connectivity index (χ3v) is 1.60. The molecule has 106 valence electrons. The van der Waals surface area contributed by atoms with E-state index < -0.39 is 29.4 Å². The molecule has 0 radical (unpaired) electrons. The number of ether oxygens (including phenoxy) is 2. The summed E-state index contributed by atoms with van der Waals surface area (Å²) in [5.74, 6) is -0.578. The predicted molar refractivity (Wildman–Crippen MR) is 66.5 cm³/mol. The van der Waals surface area contributed by atoms with Gasteiger partial charge in [0.15, 0.2) is 6.10 Å². The molecule has 0 aliphatic heterocycles. The van der Waals surface area contributed by atoms with Crippen LogP contribution in [-0.2, 0) is 14.3 Å². The zero-order chi connectivity index (χ0) is 14.6. The molecule has 1 amide bonds. The highest BCUT2D eigenvalue weighted by atomic mass is 16.6. The third-order valence-electron chi connectivity index (χ3n) is 1.60. The van der Waals surface area contributed by atoms with Gasteiger partial charge >= 0.3 is 12.1 Å². The number of carbonyl (C=O) groups is 2. The van der Waals surface area contributed by atoms with Gasteiger partial charge in [-0.1, -0.05) is 0 Å². The van der Waals surface area contributed by atoms with Crippen LogP contribution >= 0.6 is 0 Å². The van der Waals surface area contributed by atoms with Gasteiger partial charge in [-0.05, 0) is 41.5 Å². The van der Waals surface area contributed by atoms with E-state index in [0.29, 0.717) is 0 Å². The fourth-order valence-corrected chi connectivity index (χ4v) is 1.15. The molecule has 0 saturated carbocycles. The Kier molecular flexibility index (Phi) is 5.60. The zero-order valence-corrected chi connectivity index (χ0v) is 11.9. The summed E-state index contributed by atoms with van der Waals surface area (Å²) in [7, 11) is 0. The van der Waals surface area contributed by atoms with Gasteiger partial charge < -0.3 is 19.9 Å². The molecular formula is C12H23NO5. The van der Waals surface area contributed by atoms with Gasteiger partial charge in [-0.15, -0.1) is 0 Å². The van der Waals surface area contributed by atoms with Crippen LogP contribution in [0.3, 0.4) is 0 Å². The van der Waals surface area contributed by atoms with Gasteiger partial charge in [0.1, 0.15) is 5.60 Å². The van der Waals surface area contributed by atoms with Crippen LogP contribution < -0.4 is 5.32 Å². The zero-order valence-electron chi connectivity index (χ0n) is 11.9. The van der Waals surface area contributed by atoms with Gasteiger partial charge in [0.05, 0.1) is 12.1 Å². The first-order valence-corrected chi connectivity index (χ1v) is 5.78. The topological polar surface area (TPSA) is 84.9 Å². The highest BCUT2D eigenvalue weighted by Crippen LogP contribution is 2.15. The highest BCUT2D eigenvalue weighted by Gasteiger charge is 2.30. The molecule has 0 aromatic rings. The molecule has 0 saturated heterocycles. The summed E-state index contributed by atoms with van der Waals surface area (Å²) >= 11 is 0. The van der Waals surface area contributed by atoms with E-state index in [-0.39, 0.29) is 6.54 Å². The molecule has 6 nitrogen and oxygen atoms in total. The molecule has 0 spiro atoms. The third kappa shape index (κ3) is 8.81. The summed E-state index contributed by atoms with van der Waals surface area (Å²) in [6.45, 7) is 10.4. The predicted octanol–water partition coefficient (Wildman–Crippen LogP) is 1.78. The summed E-state index contributed by atoms with van der Waals surface area (Å²) in [6, 6.07) is 0. The molecule has 0 aliphatic rings. The van der Waals surface area contributed by atoms with E-state index in [1.165, 1.54) is 0 Å². The maximum atomic E-state index is 11.9. The summed E-state index contributed by atoms with van der Waals surface area (Å²) in [4.78, 5) is 22.3. The first kappa shape index (κ1) is 16.7. The van der Waals surface area contributed by atoms with Crippen LogP contribution in [0.1, 0.15) is 41.5 Å². The van der Waals surface area contributed by atoms with Crippen molar-refractivity contribution < 1.29 is 24.2 Å². The Labute approximate surface area is 108 Å². The SMILES string of the molecule is CC(C)(C)OC(=O)C(CNC(=O)O)OC(C)(C)C. The second-order valence-electron chi connectivity index (χ2n) is 5.94. The maximum Gasteiger partial charge on any atom is 0.404 e. The summed E-state index contributed by atoms with van der Waals surface area (Å²) < 4.78 is 10.7. The van der Waals surface area contributed by atoms with E-state index in [1.54, 1.807) is 41.5 Å². The molecular weight excluding hydrogens is 238 g/mol. The lowest BCUT2D eigenvalue weighted by molar-refractivity contribution is -0.176. The van der Waals surface area contributed by atoms with E-state index in [9.17, 15) is 9.59 Å². The van der Waals surface area contributed by atoms with Crippen molar-refractivity contribution >= 4 is 12.1 Å². The van der Waals surface area contributed by atoms with Crippen molar-refractivity contribution in [3.8, 4) is 0 Å². The van der Waals surface area contributed by atoms with Gasteiger partial charge in [0.25, 0.3) is 0 Å². The van der Waals surface area contributed by atoms with Crippen molar-refractivity contribution in [1.29, 1.82) is 0 Å². The molecule has 0 aromatic heterocycles. The number of esters is 1. The molecule has 1 unspecified atom stereocenters. The Hall–Kier alpha value is -1.30. The van der Waals surface area contributed by atoms with Crippen molar-refractivity contribution in [2.75, 3.05) is 6.54 Å². The quantitative estimate of drug-likeness (QED) is 0.753. The fourth-order valence-electron chi connectivity index (χ4n) is 1.15. The van der Waals surface area contributed by atoms with Gasteiger partial charge in [-0.3, -0.25) is 0 Å². The van der Waals surface area contributed by atoms with Crippen molar-refractivity contribution in [1.82, 2.24) is 5.32 Å². The smallest absolute Gasteiger partial charge is 0.404 e. The molecule has 0 bridgehead atoms. The minimum atomic E-state index is -1.21. The van der Waals surface area contributed by atoms with Gasteiger partial charge in [-0.2, -0.15) is 0 Å². The Morgan fingerprint density at radius 2 is 1.61 bits per heavy atom. The van der Waals surface area contributed by atoms with Gasteiger partial charge in [0.2, 0.25) is 0 Å². The van der Waals surface area contributed by atoms with Crippen molar-refractivity contribution in [2.24, 2.45) is 0 Å². The number of hydrogen-bond donors (Lipinski definition) is 2. The van der Waals surface area contributed by atoms with Crippen LogP contribution in [0.15, 0.2) is 0 Å². The average molecular weight is 261 g/mol. The molecule has 0 fully saturated rings. The number of carboxylic acid groups (broad SMARTS) is 1. The summed E-state index contributed by atoms with van der Waals surface area (Å²) in [6.07, 6.45) is -2.17. The number of carbonyl (C=O) groups excluding carboxylic acids is 1. The molecule has 0 aliphatic carbocycles.